The number of likely N-dealkylation sites (N-methyl/N-ethyl adjacent to an activating group) is 1. The molecule has 0 radical (unpaired) electrons. The summed E-state index contributed by atoms with van der Waals surface area (Å²) in [7, 11) is 4.32. The van der Waals surface area contributed by atoms with Gasteiger partial charge in [-0.15, -0.1) is 0 Å². The fourth-order valence-electron chi connectivity index (χ4n) is 2.85. The molecular formula is C15H26N4. The number of rotatable bonds is 4. The number of aromatic nitrogens is 1. The SMILES string of the molecule is CC[C@@H](N)c1ccc(N2CC(C)C(N(C)C)C2)cn1. The van der Waals surface area contributed by atoms with Gasteiger partial charge in [-0.25, -0.2) is 0 Å². The lowest BCUT2D eigenvalue weighted by Crippen LogP contribution is -2.34. The lowest BCUT2D eigenvalue weighted by Gasteiger charge is -2.23. The van der Waals surface area contributed by atoms with E-state index in [4.69, 9.17) is 5.73 Å². The monoisotopic (exact) mass is 262 g/mol. The van der Waals surface area contributed by atoms with Crippen LogP contribution < -0.4 is 10.6 Å². The van der Waals surface area contributed by atoms with Crippen LogP contribution >= 0.6 is 0 Å². The summed E-state index contributed by atoms with van der Waals surface area (Å²) < 4.78 is 0. The second-order valence-electron chi connectivity index (χ2n) is 5.87. The summed E-state index contributed by atoms with van der Waals surface area (Å²) >= 11 is 0. The van der Waals surface area contributed by atoms with Crippen molar-refractivity contribution in [2.24, 2.45) is 11.7 Å². The predicted octanol–water partition coefficient (Wildman–Crippen LogP) is 1.88. The molecule has 2 unspecified atom stereocenters. The van der Waals surface area contributed by atoms with Gasteiger partial charge >= 0.3 is 0 Å². The van der Waals surface area contributed by atoms with Gasteiger partial charge in [0, 0.05) is 25.2 Å². The van der Waals surface area contributed by atoms with Crippen molar-refractivity contribution >= 4 is 5.69 Å². The zero-order valence-electron chi connectivity index (χ0n) is 12.5. The second kappa shape index (κ2) is 5.88. The van der Waals surface area contributed by atoms with Crippen LogP contribution in [0.4, 0.5) is 5.69 Å². The molecule has 0 amide bonds. The van der Waals surface area contributed by atoms with Crippen LogP contribution in [-0.4, -0.2) is 43.1 Å². The van der Waals surface area contributed by atoms with Crippen LogP contribution in [0, 0.1) is 5.92 Å². The van der Waals surface area contributed by atoms with E-state index in [1.54, 1.807) is 0 Å². The molecule has 4 nitrogen and oxygen atoms in total. The summed E-state index contributed by atoms with van der Waals surface area (Å²) in [6.45, 7) is 6.59. The van der Waals surface area contributed by atoms with Gasteiger partial charge in [-0.05, 0) is 38.6 Å². The van der Waals surface area contributed by atoms with E-state index in [1.165, 1.54) is 5.69 Å². The molecule has 4 heteroatoms. The Morgan fingerprint density at radius 2 is 2.16 bits per heavy atom. The molecule has 1 aromatic heterocycles. The summed E-state index contributed by atoms with van der Waals surface area (Å²) in [5.74, 6) is 0.688. The molecule has 106 valence electrons. The smallest absolute Gasteiger partial charge is 0.0572 e. The van der Waals surface area contributed by atoms with Crippen molar-refractivity contribution in [1.29, 1.82) is 0 Å². The first kappa shape index (κ1) is 14.3. The summed E-state index contributed by atoms with van der Waals surface area (Å²) in [5, 5.41) is 0. The molecule has 1 aliphatic rings. The third kappa shape index (κ3) is 3.07. The largest absolute Gasteiger partial charge is 0.368 e. The third-order valence-electron chi connectivity index (χ3n) is 4.19. The van der Waals surface area contributed by atoms with Gasteiger partial charge in [0.15, 0.2) is 0 Å². The lowest BCUT2D eigenvalue weighted by atomic mass is 10.1. The molecule has 1 aromatic rings. The van der Waals surface area contributed by atoms with Crippen molar-refractivity contribution in [3.63, 3.8) is 0 Å². The summed E-state index contributed by atoms with van der Waals surface area (Å²) in [4.78, 5) is 9.25. The highest BCUT2D eigenvalue weighted by Gasteiger charge is 2.31. The Labute approximate surface area is 116 Å². The van der Waals surface area contributed by atoms with Crippen LogP contribution in [0.25, 0.3) is 0 Å². The first-order chi connectivity index (χ1) is 9.02. The molecule has 19 heavy (non-hydrogen) atoms. The Balaban J connectivity index is 2.07. The minimum atomic E-state index is 0.0566. The van der Waals surface area contributed by atoms with E-state index >= 15 is 0 Å². The van der Waals surface area contributed by atoms with Gasteiger partial charge in [0.05, 0.1) is 17.6 Å². The zero-order chi connectivity index (χ0) is 14.0. The average Bonchev–Trinajstić information content (AvgIpc) is 2.80. The van der Waals surface area contributed by atoms with Gasteiger partial charge in [-0.3, -0.25) is 4.98 Å². The van der Waals surface area contributed by atoms with Crippen molar-refractivity contribution in [3.8, 4) is 0 Å². The second-order valence-corrected chi connectivity index (χ2v) is 5.87. The third-order valence-corrected chi connectivity index (χ3v) is 4.19. The molecular weight excluding hydrogens is 236 g/mol. The quantitative estimate of drug-likeness (QED) is 0.900. The van der Waals surface area contributed by atoms with Gasteiger partial charge in [0.2, 0.25) is 0 Å². The minimum Gasteiger partial charge on any atom is -0.368 e. The first-order valence-corrected chi connectivity index (χ1v) is 7.15. The van der Waals surface area contributed by atoms with E-state index in [2.05, 4.69) is 54.9 Å². The highest BCUT2D eigenvalue weighted by molar-refractivity contribution is 5.46. The molecule has 0 saturated carbocycles. The molecule has 0 aliphatic carbocycles. The maximum atomic E-state index is 6.00. The van der Waals surface area contributed by atoms with Gasteiger partial charge in [0.1, 0.15) is 0 Å². The topological polar surface area (TPSA) is 45.4 Å². The fraction of sp³-hybridized carbons (Fsp3) is 0.667. The van der Waals surface area contributed by atoms with Crippen LogP contribution in [0.15, 0.2) is 18.3 Å². The Morgan fingerprint density at radius 1 is 1.42 bits per heavy atom. The van der Waals surface area contributed by atoms with E-state index in [9.17, 15) is 0 Å². The Bertz CT molecular complexity index is 401. The van der Waals surface area contributed by atoms with Crippen molar-refractivity contribution < 1.29 is 0 Å². The van der Waals surface area contributed by atoms with Crippen molar-refractivity contribution in [1.82, 2.24) is 9.88 Å². The number of nitrogens with two attached hydrogens (primary N) is 1. The van der Waals surface area contributed by atoms with Crippen molar-refractivity contribution in [3.05, 3.63) is 24.0 Å². The molecule has 1 aliphatic heterocycles. The standard InChI is InChI=1S/C15H26N4/c1-5-13(16)14-7-6-12(8-17-14)19-9-11(2)15(10-19)18(3)4/h6-8,11,13,15H,5,9-10,16H2,1-4H3/t11?,13-,15?/m1/s1. The number of hydrogen-bond donors (Lipinski definition) is 1. The Morgan fingerprint density at radius 3 is 2.63 bits per heavy atom. The van der Waals surface area contributed by atoms with Crippen LogP contribution in [0.5, 0.6) is 0 Å². The Hall–Kier alpha value is -1.13. The molecule has 2 N–H and O–H groups in total. The molecule has 2 heterocycles. The van der Waals surface area contributed by atoms with E-state index in [1.807, 2.05) is 6.20 Å². The molecule has 0 aromatic carbocycles. The van der Waals surface area contributed by atoms with Gasteiger partial charge in [-0.2, -0.15) is 0 Å². The number of hydrogen-bond acceptors (Lipinski definition) is 4. The zero-order valence-corrected chi connectivity index (χ0v) is 12.5. The molecule has 0 bridgehead atoms. The lowest BCUT2D eigenvalue weighted by molar-refractivity contribution is 0.266. The van der Waals surface area contributed by atoms with E-state index < -0.39 is 0 Å². The number of pyridine rings is 1. The van der Waals surface area contributed by atoms with Crippen LogP contribution in [0.3, 0.4) is 0 Å². The van der Waals surface area contributed by atoms with E-state index in [-0.39, 0.29) is 6.04 Å². The highest BCUT2D eigenvalue weighted by atomic mass is 15.2. The van der Waals surface area contributed by atoms with Crippen LogP contribution in [-0.2, 0) is 0 Å². The number of anilines is 1. The molecule has 1 fully saturated rings. The summed E-state index contributed by atoms with van der Waals surface area (Å²) in [5.41, 5.74) is 8.20. The van der Waals surface area contributed by atoms with Crippen LogP contribution in [0.1, 0.15) is 32.0 Å². The molecule has 0 spiro atoms. The van der Waals surface area contributed by atoms with Gasteiger partial charge < -0.3 is 15.5 Å². The molecule has 3 atom stereocenters. The average molecular weight is 262 g/mol. The summed E-state index contributed by atoms with van der Waals surface area (Å²) in [6, 6.07) is 4.90. The minimum absolute atomic E-state index is 0.0566. The first-order valence-electron chi connectivity index (χ1n) is 7.15. The Kier molecular flexibility index (Phi) is 4.42. The predicted molar refractivity (Wildman–Crippen MR) is 80.3 cm³/mol. The summed E-state index contributed by atoms with van der Waals surface area (Å²) in [6.07, 6.45) is 2.89. The molecule has 2 rings (SSSR count). The normalized spacial score (nSPS) is 25.1. The van der Waals surface area contributed by atoms with Crippen LogP contribution in [0.2, 0.25) is 0 Å². The maximum absolute atomic E-state index is 6.00. The van der Waals surface area contributed by atoms with Gasteiger partial charge in [0.25, 0.3) is 0 Å². The van der Waals surface area contributed by atoms with Gasteiger partial charge in [-0.1, -0.05) is 13.8 Å². The highest BCUT2D eigenvalue weighted by Crippen LogP contribution is 2.26. The fourth-order valence-corrected chi connectivity index (χ4v) is 2.85. The van der Waals surface area contributed by atoms with Crippen molar-refractivity contribution in [2.45, 2.75) is 32.4 Å². The van der Waals surface area contributed by atoms with Crippen molar-refractivity contribution in [2.75, 3.05) is 32.1 Å². The number of nitrogens with zero attached hydrogens (tertiary/aromatic N) is 3. The molecule has 1 saturated heterocycles. The van der Waals surface area contributed by atoms with E-state index in [0.29, 0.717) is 12.0 Å². The van der Waals surface area contributed by atoms with E-state index in [0.717, 1.165) is 25.2 Å². The maximum Gasteiger partial charge on any atom is 0.0572 e.